The van der Waals surface area contributed by atoms with Gasteiger partial charge in [0.1, 0.15) is 0 Å². The summed E-state index contributed by atoms with van der Waals surface area (Å²) in [6, 6.07) is 6.30. The molecule has 0 aliphatic rings. The summed E-state index contributed by atoms with van der Waals surface area (Å²) < 4.78 is 0. The highest BCUT2D eigenvalue weighted by atomic mass is 32.1. The molecule has 0 aliphatic heterocycles. The molecule has 0 heterocycles. The van der Waals surface area contributed by atoms with Crippen molar-refractivity contribution >= 4 is 18.2 Å². The number of allylic oxidation sites excluding steroid dienone is 2. The van der Waals surface area contributed by atoms with E-state index in [1.54, 1.807) is 0 Å². The average Bonchev–Trinajstić information content (AvgIpc) is 2.18. The van der Waals surface area contributed by atoms with Crippen molar-refractivity contribution in [1.82, 2.24) is 0 Å². The van der Waals surface area contributed by atoms with Crippen molar-refractivity contribution < 1.29 is 0 Å². The third kappa shape index (κ3) is 2.91. The largest absolute Gasteiger partial charge is 0.143 e. The van der Waals surface area contributed by atoms with Gasteiger partial charge in [-0.15, -0.1) is 12.6 Å². The lowest BCUT2D eigenvalue weighted by Crippen LogP contribution is -1.86. The number of hydrogen-bond donors (Lipinski definition) is 1. The zero-order chi connectivity index (χ0) is 10.6. The second-order valence-electron chi connectivity index (χ2n) is 3.68. The van der Waals surface area contributed by atoms with Crippen LogP contribution >= 0.6 is 12.6 Å². The summed E-state index contributed by atoms with van der Waals surface area (Å²) in [5.41, 5.74) is 4.01. The molecule has 0 atom stereocenters. The molecule has 0 radical (unpaired) electrons. The van der Waals surface area contributed by atoms with E-state index in [2.05, 4.69) is 51.6 Å². The SMILES string of the molecule is CCC/C=C(/C)c1cc(S)ccc1C. The molecular formula is C13H18S. The van der Waals surface area contributed by atoms with Gasteiger partial charge in [0, 0.05) is 4.90 Å². The van der Waals surface area contributed by atoms with Crippen LogP contribution in [0.25, 0.3) is 5.57 Å². The molecule has 0 saturated heterocycles. The summed E-state index contributed by atoms with van der Waals surface area (Å²) in [5, 5.41) is 0. The van der Waals surface area contributed by atoms with Crippen molar-refractivity contribution in [2.24, 2.45) is 0 Å². The van der Waals surface area contributed by atoms with Gasteiger partial charge in [-0.1, -0.05) is 25.5 Å². The van der Waals surface area contributed by atoms with Gasteiger partial charge in [0.25, 0.3) is 0 Å². The fourth-order valence-electron chi connectivity index (χ4n) is 1.51. The summed E-state index contributed by atoms with van der Waals surface area (Å²) in [7, 11) is 0. The lowest BCUT2D eigenvalue weighted by Gasteiger charge is -2.07. The van der Waals surface area contributed by atoms with Crippen LogP contribution in [0.5, 0.6) is 0 Å². The highest BCUT2D eigenvalue weighted by Gasteiger charge is 2.00. The van der Waals surface area contributed by atoms with Crippen LogP contribution in [0.2, 0.25) is 0 Å². The second kappa shape index (κ2) is 5.26. The lowest BCUT2D eigenvalue weighted by atomic mass is 10.0. The number of benzene rings is 1. The zero-order valence-electron chi connectivity index (χ0n) is 9.17. The van der Waals surface area contributed by atoms with Gasteiger partial charge < -0.3 is 0 Å². The van der Waals surface area contributed by atoms with E-state index >= 15 is 0 Å². The number of rotatable bonds is 3. The zero-order valence-corrected chi connectivity index (χ0v) is 10.1. The van der Waals surface area contributed by atoms with E-state index in [4.69, 9.17) is 0 Å². The Balaban J connectivity index is 2.99. The van der Waals surface area contributed by atoms with Gasteiger partial charge in [-0.3, -0.25) is 0 Å². The molecule has 0 unspecified atom stereocenters. The van der Waals surface area contributed by atoms with Crippen molar-refractivity contribution in [2.75, 3.05) is 0 Å². The van der Waals surface area contributed by atoms with Crippen LogP contribution in [-0.4, -0.2) is 0 Å². The predicted molar refractivity (Wildman–Crippen MR) is 67.0 cm³/mol. The summed E-state index contributed by atoms with van der Waals surface area (Å²) in [5.74, 6) is 0. The van der Waals surface area contributed by atoms with Gasteiger partial charge in [-0.2, -0.15) is 0 Å². The van der Waals surface area contributed by atoms with Crippen LogP contribution in [0.1, 0.15) is 37.8 Å². The first-order chi connectivity index (χ1) is 6.65. The molecule has 0 amide bonds. The lowest BCUT2D eigenvalue weighted by molar-refractivity contribution is 0.959. The summed E-state index contributed by atoms with van der Waals surface area (Å²) in [6.07, 6.45) is 4.66. The highest BCUT2D eigenvalue weighted by molar-refractivity contribution is 7.80. The van der Waals surface area contributed by atoms with Crippen molar-refractivity contribution in [1.29, 1.82) is 0 Å². The molecule has 0 bridgehead atoms. The van der Waals surface area contributed by atoms with Crippen molar-refractivity contribution in [3.05, 3.63) is 35.4 Å². The molecule has 1 heteroatoms. The molecule has 0 fully saturated rings. The van der Waals surface area contributed by atoms with Crippen LogP contribution in [0, 0.1) is 6.92 Å². The Morgan fingerprint density at radius 1 is 1.43 bits per heavy atom. The van der Waals surface area contributed by atoms with E-state index in [0.717, 1.165) is 11.3 Å². The minimum atomic E-state index is 1.04. The van der Waals surface area contributed by atoms with Crippen LogP contribution in [0.3, 0.4) is 0 Å². The Morgan fingerprint density at radius 3 is 2.79 bits per heavy atom. The van der Waals surface area contributed by atoms with Gasteiger partial charge in [0.15, 0.2) is 0 Å². The van der Waals surface area contributed by atoms with Gasteiger partial charge in [-0.25, -0.2) is 0 Å². The number of aryl methyl sites for hydroxylation is 1. The normalized spacial score (nSPS) is 11.9. The fraction of sp³-hybridized carbons (Fsp3) is 0.385. The summed E-state index contributed by atoms with van der Waals surface area (Å²) in [6.45, 7) is 6.52. The first kappa shape index (κ1) is 11.4. The van der Waals surface area contributed by atoms with E-state index < -0.39 is 0 Å². The van der Waals surface area contributed by atoms with Gasteiger partial charge >= 0.3 is 0 Å². The van der Waals surface area contributed by atoms with Crippen LogP contribution < -0.4 is 0 Å². The van der Waals surface area contributed by atoms with Crippen molar-refractivity contribution in [3.63, 3.8) is 0 Å². The second-order valence-corrected chi connectivity index (χ2v) is 4.19. The first-order valence-corrected chi connectivity index (χ1v) is 5.56. The maximum absolute atomic E-state index is 4.36. The highest BCUT2D eigenvalue weighted by Crippen LogP contribution is 2.22. The monoisotopic (exact) mass is 206 g/mol. The maximum Gasteiger partial charge on any atom is 0.00462 e. The third-order valence-corrected chi connectivity index (χ3v) is 2.66. The van der Waals surface area contributed by atoms with Gasteiger partial charge in [-0.05, 0) is 49.1 Å². The summed E-state index contributed by atoms with van der Waals surface area (Å²) in [4.78, 5) is 1.04. The number of unbranched alkanes of at least 4 members (excludes halogenated alkanes) is 1. The standard InChI is InChI=1S/C13H18S/c1-4-5-6-10(2)13-9-12(14)8-7-11(13)3/h6-9,14H,4-5H2,1-3H3/b10-6-. The molecule has 14 heavy (non-hydrogen) atoms. The molecule has 1 rings (SSSR count). The molecule has 76 valence electrons. The smallest absolute Gasteiger partial charge is 0.00462 e. The molecule has 0 saturated carbocycles. The molecule has 1 aromatic rings. The van der Waals surface area contributed by atoms with Gasteiger partial charge in [0.2, 0.25) is 0 Å². The Labute approximate surface area is 92.5 Å². The number of thiol groups is 1. The predicted octanol–water partition coefficient (Wildman–Crippen LogP) is 4.49. The fourth-order valence-corrected chi connectivity index (χ4v) is 1.71. The van der Waals surface area contributed by atoms with Crippen LogP contribution in [0.15, 0.2) is 29.2 Å². The molecular weight excluding hydrogens is 188 g/mol. The van der Waals surface area contributed by atoms with Crippen molar-refractivity contribution in [2.45, 2.75) is 38.5 Å². The van der Waals surface area contributed by atoms with Crippen molar-refractivity contribution in [3.8, 4) is 0 Å². The van der Waals surface area contributed by atoms with Crippen LogP contribution in [0.4, 0.5) is 0 Å². The Bertz CT molecular complexity index is 337. The minimum Gasteiger partial charge on any atom is -0.143 e. The van der Waals surface area contributed by atoms with E-state index in [1.807, 2.05) is 6.07 Å². The maximum atomic E-state index is 4.36. The summed E-state index contributed by atoms with van der Waals surface area (Å²) >= 11 is 4.36. The molecule has 0 spiro atoms. The Kier molecular flexibility index (Phi) is 4.27. The van der Waals surface area contributed by atoms with E-state index in [9.17, 15) is 0 Å². The van der Waals surface area contributed by atoms with E-state index in [1.165, 1.54) is 23.1 Å². The molecule has 0 N–H and O–H groups in total. The minimum absolute atomic E-state index is 1.04. The van der Waals surface area contributed by atoms with E-state index in [-0.39, 0.29) is 0 Å². The Morgan fingerprint density at radius 2 is 2.14 bits per heavy atom. The third-order valence-electron chi connectivity index (χ3n) is 2.39. The van der Waals surface area contributed by atoms with Gasteiger partial charge in [0.05, 0.1) is 0 Å². The molecule has 0 aliphatic carbocycles. The quantitative estimate of drug-likeness (QED) is 0.692. The Hall–Kier alpha value is -0.690. The first-order valence-electron chi connectivity index (χ1n) is 5.12. The molecule has 0 aromatic heterocycles. The average molecular weight is 206 g/mol. The molecule has 0 nitrogen and oxygen atoms in total. The van der Waals surface area contributed by atoms with E-state index in [0.29, 0.717) is 0 Å². The number of hydrogen-bond acceptors (Lipinski definition) is 1. The topological polar surface area (TPSA) is 0 Å². The molecule has 1 aromatic carbocycles. The van der Waals surface area contributed by atoms with Crippen LogP contribution in [-0.2, 0) is 0 Å².